The van der Waals surface area contributed by atoms with Gasteiger partial charge in [-0.1, -0.05) is 37.3 Å². The minimum absolute atomic E-state index is 0.561. The van der Waals surface area contributed by atoms with Crippen LogP contribution in [0.25, 0.3) is 0 Å². The van der Waals surface area contributed by atoms with Gasteiger partial charge in [0.2, 0.25) is 0 Å². The molecule has 1 aromatic carbocycles. The monoisotopic (exact) mass is 163 g/mol. The van der Waals surface area contributed by atoms with Crippen molar-refractivity contribution in [2.24, 2.45) is 0 Å². The predicted molar refractivity (Wildman–Crippen MR) is 53.2 cm³/mol. The maximum atomic E-state index is 2.26. The number of rotatable bonds is 3. The minimum atomic E-state index is 0.561. The SMILES string of the molecule is CC[C@H](c1ccccc1)N(C)C. The molecule has 0 saturated heterocycles. The van der Waals surface area contributed by atoms with Gasteiger partial charge < -0.3 is 4.90 Å². The Morgan fingerprint density at radius 2 is 1.75 bits per heavy atom. The van der Waals surface area contributed by atoms with Crippen LogP contribution in [0.3, 0.4) is 0 Å². The topological polar surface area (TPSA) is 3.24 Å². The molecule has 0 fully saturated rings. The molecule has 0 aliphatic carbocycles. The van der Waals surface area contributed by atoms with Crippen molar-refractivity contribution in [2.45, 2.75) is 19.4 Å². The summed E-state index contributed by atoms with van der Waals surface area (Å²) in [6, 6.07) is 11.2. The fourth-order valence-electron chi connectivity index (χ4n) is 1.57. The second-order valence-electron chi connectivity index (χ2n) is 3.30. The molecule has 0 N–H and O–H groups in total. The Bertz CT molecular complexity index is 216. The molecule has 0 aliphatic heterocycles. The van der Waals surface area contributed by atoms with E-state index in [0.717, 1.165) is 6.42 Å². The standard InChI is InChI=1S/C11H17N/c1-4-11(12(2)3)10-8-6-5-7-9-10/h5-9,11H,4H2,1-3H3/t11-/m1/s1. The van der Waals surface area contributed by atoms with Crippen LogP contribution in [0.5, 0.6) is 0 Å². The maximum absolute atomic E-state index is 2.26. The Hall–Kier alpha value is -0.820. The first kappa shape index (κ1) is 9.27. The minimum Gasteiger partial charge on any atom is -0.302 e. The van der Waals surface area contributed by atoms with Crippen LogP contribution in [0.1, 0.15) is 24.9 Å². The molecule has 0 aliphatic rings. The van der Waals surface area contributed by atoms with E-state index < -0.39 is 0 Å². The summed E-state index contributed by atoms with van der Waals surface area (Å²) in [5, 5.41) is 0. The van der Waals surface area contributed by atoms with Crippen LogP contribution in [0.15, 0.2) is 30.3 Å². The van der Waals surface area contributed by atoms with E-state index in [2.05, 4.69) is 56.3 Å². The normalized spacial score (nSPS) is 13.3. The first-order chi connectivity index (χ1) is 5.75. The predicted octanol–water partition coefficient (Wildman–Crippen LogP) is 2.70. The zero-order chi connectivity index (χ0) is 8.97. The van der Waals surface area contributed by atoms with E-state index in [1.165, 1.54) is 5.56 Å². The molecule has 0 aromatic heterocycles. The summed E-state index contributed by atoms with van der Waals surface area (Å²) in [6.45, 7) is 2.22. The number of benzene rings is 1. The Morgan fingerprint density at radius 1 is 1.17 bits per heavy atom. The highest BCUT2D eigenvalue weighted by Gasteiger charge is 2.09. The molecule has 0 spiro atoms. The van der Waals surface area contributed by atoms with E-state index in [4.69, 9.17) is 0 Å². The van der Waals surface area contributed by atoms with E-state index in [0.29, 0.717) is 6.04 Å². The summed E-state index contributed by atoms with van der Waals surface area (Å²) in [4.78, 5) is 2.26. The number of hydrogen-bond donors (Lipinski definition) is 0. The second kappa shape index (κ2) is 4.27. The van der Waals surface area contributed by atoms with E-state index in [9.17, 15) is 0 Å². The van der Waals surface area contributed by atoms with Crippen LogP contribution >= 0.6 is 0 Å². The van der Waals surface area contributed by atoms with Crippen molar-refractivity contribution >= 4 is 0 Å². The molecule has 0 amide bonds. The second-order valence-corrected chi connectivity index (χ2v) is 3.30. The van der Waals surface area contributed by atoms with Crippen molar-refractivity contribution in [1.29, 1.82) is 0 Å². The highest BCUT2D eigenvalue weighted by molar-refractivity contribution is 5.18. The molecule has 66 valence electrons. The van der Waals surface area contributed by atoms with Crippen LogP contribution in [0.4, 0.5) is 0 Å². The van der Waals surface area contributed by atoms with Gasteiger partial charge in [0.25, 0.3) is 0 Å². The maximum Gasteiger partial charge on any atom is 0.0339 e. The van der Waals surface area contributed by atoms with Gasteiger partial charge in [-0.2, -0.15) is 0 Å². The smallest absolute Gasteiger partial charge is 0.0339 e. The van der Waals surface area contributed by atoms with Gasteiger partial charge in [0.1, 0.15) is 0 Å². The summed E-state index contributed by atoms with van der Waals surface area (Å²) >= 11 is 0. The summed E-state index contributed by atoms with van der Waals surface area (Å²) < 4.78 is 0. The lowest BCUT2D eigenvalue weighted by Gasteiger charge is -2.22. The molecule has 12 heavy (non-hydrogen) atoms. The first-order valence-corrected chi connectivity index (χ1v) is 4.47. The van der Waals surface area contributed by atoms with Crippen LogP contribution in [-0.2, 0) is 0 Å². The highest BCUT2D eigenvalue weighted by Crippen LogP contribution is 2.20. The van der Waals surface area contributed by atoms with Crippen molar-refractivity contribution in [3.63, 3.8) is 0 Å². The molecule has 0 radical (unpaired) electrons. The lowest BCUT2D eigenvalue weighted by Crippen LogP contribution is -2.18. The third kappa shape index (κ3) is 2.08. The van der Waals surface area contributed by atoms with Crippen LogP contribution in [0, 0.1) is 0 Å². The summed E-state index contributed by atoms with van der Waals surface area (Å²) in [7, 11) is 4.25. The quantitative estimate of drug-likeness (QED) is 0.662. The Balaban J connectivity index is 2.80. The van der Waals surface area contributed by atoms with Gasteiger partial charge >= 0.3 is 0 Å². The fourth-order valence-corrected chi connectivity index (χ4v) is 1.57. The first-order valence-electron chi connectivity index (χ1n) is 4.47. The third-order valence-corrected chi connectivity index (χ3v) is 2.19. The largest absolute Gasteiger partial charge is 0.302 e. The number of hydrogen-bond acceptors (Lipinski definition) is 1. The molecule has 1 atom stereocenters. The molecule has 0 unspecified atom stereocenters. The third-order valence-electron chi connectivity index (χ3n) is 2.19. The molecule has 1 aromatic rings. The van der Waals surface area contributed by atoms with Crippen LogP contribution in [0.2, 0.25) is 0 Å². The van der Waals surface area contributed by atoms with Gasteiger partial charge in [0.05, 0.1) is 0 Å². The average molecular weight is 163 g/mol. The van der Waals surface area contributed by atoms with Gasteiger partial charge in [0, 0.05) is 6.04 Å². The van der Waals surface area contributed by atoms with E-state index >= 15 is 0 Å². The molecule has 1 nitrogen and oxygen atoms in total. The molecule has 0 saturated carbocycles. The lowest BCUT2D eigenvalue weighted by atomic mass is 10.0. The molecule has 1 heteroatoms. The van der Waals surface area contributed by atoms with E-state index in [-0.39, 0.29) is 0 Å². The summed E-state index contributed by atoms with van der Waals surface area (Å²) in [5.74, 6) is 0. The van der Waals surface area contributed by atoms with Gasteiger partial charge in [-0.3, -0.25) is 0 Å². The molecular weight excluding hydrogens is 146 g/mol. The van der Waals surface area contributed by atoms with E-state index in [1.54, 1.807) is 0 Å². The lowest BCUT2D eigenvalue weighted by molar-refractivity contribution is 0.292. The zero-order valence-corrected chi connectivity index (χ0v) is 8.12. The summed E-state index contributed by atoms with van der Waals surface area (Å²) in [5.41, 5.74) is 1.41. The summed E-state index contributed by atoms with van der Waals surface area (Å²) in [6.07, 6.45) is 1.16. The van der Waals surface area contributed by atoms with Gasteiger partial charge in [-0.25, -0.2) is 0 Å². The van der Waals surface area contributed by atoms with Gasteiger partial charge in [-0.15, -0.1) is 0 Å². The van der Waals surface area contributed by atoms with Gasteiger partial charge in [0.15, 0.2) is 0 Å². The molecule has 0 bridgehead atoms. The van der Waals surface area contributed by atoms with Crippen molar-refractivity contribution in [1.82, 2.24) is 4.90 Å². The van der Waals surface area contributed by atoms with Crippen LogP contribution < -0.4 is 0 Å². The Morgan fingerprint density at radius 3 is 2.17 bits per heavy atom. The number of nitrogens with zero attached hydrogens (tertiary/aromatic N) is 1. The fraction of sp³-hybridized carbons (Fsp3) is 0.455. The van der Waals surface area contributed by atoms with Crippen molar-refractivity contribution in [2.75, 3.05) is 14.1 Å². The molecule has 0 heterocycles. The van der Waals surface area contributed by atoms with Gasteiger partial charge in [-0.05, 0) is 26.1 Å². The van der Waals surface area contributed by atoms with Crippen molar-refractivity contribution in [3.8, 4) is 0 Å². The zero-order valence-electron chi connectivity index (χ0n) is 8.12. The van der Waals surface area contributed by atoms with Crippen LogP contribution in [-0.4, -0.2) is 19.0 Å². The highest BCUT2D eigenvalue weighted by atomic mass is 15.1. The Labute approximate surface area is 75.0 Å². The molecule has 1 rings (SSSR count). The van der Waals surface area contributed by atoms with Crippen molar-refractivity contribution in [3.05, 3.63) is 35.9 Å². The Kier molecular flexibility index (Phi) is 3.30. The van der Waals surface area contributed by atoms with E-state index in [1.807, 2.05) is 0 Å². The molecular formula is C11H17N. The van der Waals surface area contributed by atoms with Crippen molar-refractivity contribution < 1.29 is 0 Å². The average Bonchev–Trinajstić information content (AvgIpc) is 2.07.